The Morgan fingerprint density at radius 1 is 0.927 bits per heavy atom. The Morgan fingerprint density at radius 2 is 1.56 bits per heavy atom. The van der Waals surface area contributed by atoms with E-state index >= 15 is 0 Å². The SMILES string of the molecule is CC(C)C(=O)N[C@H](C(=O)N1C[C@H](C)[C@H](C(C)C)[C@H]1C(=O)NC(CC1CC1)C(=O)C(=O)NCc1ccccc1)C(C)C. The van der Waals surface area contributed by atoms with Crippen molar-refractivity contribution in [2.24, 2.45) is 35.5 Å². The number of ketones is 1. The molecule has 1 aromatic carbocycles. The molecule has 9 nitrogen and oxygen atoms in total. The van der Waals surface area contributed by atoms with Gasteiger partial charge in [-0.1, -0.05) is 91.6 Å². The van der Waals surface area contributed by atoms with E-state index in [1.54, 1.807) is 18.7 Å². The van der Waals surface area contributed by atoms with E-state index in [0.29, 0.717) is 13.0 Å². The zero-order valence-corrected chi connectivity index (χ0v) is 25.6. The highest BCUT2D eigenvalue weighted by atomic mass is 16.2. The van der Waals surface area contributed by atoms with Gasteiger partial charge in [0.05, 0.1) is 6.04 Å². The molecule has 1 saturated heterocycles. The van der Waals surface area contributed by atoms with Gasteiger partial charge in [-0.15, -0.1) is 0 Å². The molecule has 0 aromatic heterocycles. The maximum atomic E-state index is 14.0. The molecule has 2 fully saturated rings. The van der Waals surface area contributed by atoms with Crippen LogP contribution in [0.5, 0.6) is 0 Å². The normalized spacial score (nSPS) is 22.0. The summed E-state index contributed by atoms with van der Waals surface area (Å²) in [6, 6.07) is 6.77. The van der Waals surface area contributed by atoms with E-state index in [0.717, 1.165) is 18.4 Å². The van der Waals surface area contributed by atoms with Gasteiger partial charge in [0.2, 0.25) is 23.5 Å². The zero-order chi connectivity index (χ0) is 30.4. The largest absolute Gasteiger partial charge is 0.345 e. The molecule has 41 heavy (non-hydrogen) atoms. The fourth-order valence-electron chi connectivity index (χ4n) is 5.84. The zero-order valence-electron chi connectivity index (χ0n) is 25.6. The fraction of sp³-hybridized carbons (Fsp3) is 0.656. The van der Waals surface area contributed by atoms with Crippen LogP contribution >= 0.6 is 0 Å². The minimum absolute atomic E-state index is 0.0371. The lowest BCUT2D eigenvalue weighted by molar-refractivity contribution is -0.145. The van der Waals surface area contributed by atoms with Crippen molar-refractivity contribution in [1.82, 2.24) is 20.9 Å². The third kappa shape index (κ3) is 8.39. The van der Waals surface area contributed by atoms with Gasteiger partial charge in [-0.25, -0.2) is 0 Å². The minimum atomic E-state index is -0.965. The van der Waals surface area contributed by atoms with Gasteiger partial charge in [-0.2, -0.15) is 0 Å². The third-order valence-electron chi connectivity index (χ3n) is 8.34. The van der Waals surface area contributed by atoms with Crippen LogP contribution in [0.1, 0.15) is 73.3 Å². The molecule has 3 rings (SSSR count). The van der Waals surface area contributed by atoms with E-state index in [2.05, 4.69) is 16.0 Å². The Bertz CT molecular complexity index is 1100. The number of rotatable bonds is 13. The van der Waals surface area contributed by atoms with Gasteiger partial charge >= 0.3 is 0 Å². The summed E-state index contributed by atoms with van der Waals surface area (Å²) in [5.41, 5.74) is 0.870. The molecular formula is C32H48N4O5. The molecule has 2 aliphatic rings. The second kappa shape index (κ2) is 14.1. The van der Waals surface area contributed by atoms with E-state index in [1.807, 2.05) is 65.0 Å². The quantitative estimate of drug-likeness (QED) is 0.316. The van der Waals surface area contributed by atoms with Crippen molar-refractivity contribution < 1.29 is 24.0 Å². The molecule has 1 saturated carbocycles. The van der Waals surface area contributed by atoms with Crippen molar-refractivity contribution in [1.29, 1.82) is 0 Å². The second-order valence-corrected chi connectivity index (χ2v) is 12.9. The maximum absolute atomic E-state index is 14.0. The lowest BCUT2D eigenvalue weighted by atomic mass is 9.82. The number of hydrogen-bond donors (Lipinski definition) is 3. The molecule has 1 unspecified atom stereocenters. The summed E-state index contributed by atoms with van der Waals surface area (Å²) in [4.78, 5) is 68.2. The number of nitrogens with one attached hydrogen (secondary N) is 3. The molecular weight excluding hydrogens is 520 g/mol. The number of benzene rings is 1. The highest BCUT2D eigenvalue weighted by Crippen LogP contribution is 2.37. The summed E-state index contributed by atoms with van der Waals surface area (Å²) in [7, 11) is 0. The molecule has 1 aliphatic heterocycles. The van der Waals surface area contributed by atoms with Gasteiger partial charge in [0.25, 0.3) is 5.91 Å². The molecule has 0 spiro atoms. The van der Waals surface area contributed by atoms with Crippen LogP contribution < -0.4 is 16.0 Å². The van der Waals surface area contributed by atoms with E-state index in [4.69, 9.17) is 0 Å². The fourth-order valence-corrected chi connectivity index (χ4v) is 5.84. The number of hydrogen-bond acceptors (Lipinski definition) is 5. The average molecular weight is 569 g/mol. The summed E-state index contributed by atoms with van der Waals surface area (Å²) in [5.74, 6) is -2.54. The summed E-state index contributed by atoms with van der Waals surface area (Å²) in [5, 5.41) is 8.46. The number of carbonyl (C=O) groups excluding carboxylic acids is 5. The molecule has 4 amide bonds. The van der Waals surface area contributed by atoms with Crippen LogP contribution in [0.2, 0.25) is 0 Å². The van der Waals surface area contributed by atoms with Crippen LogP contribution in [0.3, 0.4) is 0 Å². The van der Waals surface area contributed by atoms with E-state index in [1.165, 1.54) is 0 Å². The van der Waals surface area contributed by atoms with Crippen LogP contribution in [0.4, 0.5) is 0 Å². The summed E-state index contributed by atoms with van der Waals surface area (Å²) >= 11 is 0. The topological polar surface area (TPSA) is 125 Å². The van der Waals surface area contributed by atoms with Gasteiger partial charge in [0.1, 0.15) is 12.1 Å². The number of Topliss-reactive ketones (excluding diaryl/α,β-unsaturated/α-hetero) is 1. The van der Waals surface area contributed by atoms with Crippen molar-refractivity contribution in [2.75, 3.05) is 6.54 Å². The number of nitrogens with zero attached hydrogens (tertiary/aromatic N) is 1. The Labute approximate surface area is 244 Å². The van der Waals surface area contributed by atoms with E-state index < -0.39 is 35.7 Å². The monoisotopic (exact) mass is 568 g/mol. The Hall–Kier alpha value is -3.23. The first-order valence-electron chi connectivity index (χ1n) is 15.1. The first-order chi connectivity index (χ1) is 19.3. The Kier molecular flexibility index (Phi) is 11.1. The van der Waals surface area contributed by atoms with Crippen molar-refractivity contribution >= 4 is 29.4 Å². The van der Waals surface area contributed by atoms with Crippen LogP contribution in [0, 0.1) is 35.5 Å². The molecule has 226 valence electrons. The molecule has 1 aromatic rings. The number of carbonyl (C=O) groups is 5. The highest BCUT2D eigenvalue weighted by molar-refractivity contribution is 6.38. The predicted molar refractivity (Wildman–Crippen MR) is 157 cm³/mol. The lowest BCUT2D eigenvalue weighted by Crippen LogP contribution is -2.59. The summed E-state index contributed by atoms with van der Waals surface area (Å²) < 4.78 is 0. The van der Waals surface area contributed by atoms with Gasteiger partial charge < -0.3 is 20.9 Å². The molecule has 0 radical (unpaired) electrons. The van der Waals surface area contributed by atoms with Crippen LogP contribution in [0.15, 0.2) is 30.3 Å². The van der Waals surface area contributed by atoms with Crippen molar-refractivity contribution in [3.63, 3.8) is 0 Å². The lowest BCUT2D eigenvalue weighted by Gasteiger charge is -2.34. The Morgan fingerprint density at radius 3 is 2.10 bits per heavy atom. The van der Waals surface area contributed by atoms with Crippen molar-refractivity contribution in [3.05, 3.63) is 35.9 Å². The summed E-state index contributed by atoms with van der Waals surface area (Å²) in [6.07, 6.45) is 2.30. The molecule has 1 aliphatic carbocycles. The van der Waals surface area contributed by atoms with E-state index in [9.17, 15) is 24.0 Å². The first kappa shape index (κ1) is 32.3. The van der Waals surface area contributed by atoms with Crippen LogP contribution in [-0.4, -0.2) is 59.0 Å². The Balaban J connectivity index is 1.81. The molecule has 5 atom stereocenters. The highest BCUT2D eigenvalue weighted by Gasteiger charge is 2.49. The van der Waals surface area contributed by atoms with Crippen molar-refractivity contribution in [2.45, 2.75) is 92.4 Å². The first-order valence-corrected chi connectivity index (χ1v) is 15.1. The molecule has 0 bridgehead atoms. The maximum Gasteiger partial charge on any atom is 0.289 e. The van der Waals surface area contributed by atoms with E-state index in [-0.39, 0.29) is 53.9 Å². The van der Waals surface area contributed by atoms with Gasteiger partial charge in [0, 0.05) is 19.0 Å². The smallest absolute Gasteiger partial charge is 0.289 e. The minimum Gasteiger partial charge on any atom is -0.345 e. The predicted octanol–water partition coefficient (Wildman–Crippen LogP) is 3.07. The number of likely N-dealkylation sites (tertiary alicyclic amines) is 1. The standard InChI is InChI=1S/C32H48N4O5/c1-18(2)25-21(7)17-36(32(41)26(19(3)4)35-29(38)20(5)6)27(25)30(39)34-24(15-22-13-14-22)28(37)31(40)33-16-23-11-9-8-10-12-23/h8-12,18-22,24-27H,13-17H2,1-7H3,(H,33,40)(H,34,39)(H,35,38)/t21-,24?,25-,26-,27-/m0/s1. The van der Waals surface area contributed by atoms with Gasteiger partial charge in [-0.3, -0.25) is 24.0 Å². The van der Waals surface area contributed by atoms with Gasteiger partial charge in [-0.05, 0) is 41.6 Å². The number of amides is 4. The van der Waals surface area contributed by atoms with Crippen molar-refractivity contribution in [3.8, 4) is 0 Å². The van der Waals surface area contributed by atoms with Crippen LogP contribution in [-0.2, 0) is 30.5 Å². The average Bonchev–Trinajstić information content (AvgIpc) is 3.67. The molecule has 3 N–H and O–H groups in total. The third-order valence-corrected chi connectivity index (χ3v) is 8.34. The summed E-state index contributed by atoms with van der Waals surface area (Å²) in [6.45, 7) is 14.0. The second-order valence-electron chi connectivity index (χ2n) is 12.9. The van der Waals surface area contributed by atoms with Crippen LogP contribution in [0.25, 0.3) is 0 Å². The molecule has 9 heteroatoms. The van der Waals surface area contributed by atoms with Gasteiger partial charge in [0.15, 0.2) is 0 Å². The molecule has 1 heterocycles.